The highest BCUT2D eigenvalue weighted by Crippen LogP contribution is 2.25. The molecule has 0 spiro atoms. The molecule has 20 heavy (non-hydrogen) atoms. The van der Waals surface area contributed by atoms with E-state index in [2.05, 4.69) is 10.3 Å². The maximum Gasteiger partial charge on any atom is 0.271 e. The molecule has 0 fully saturated rings. The third-order valence-corrected chi connectivity index (χ3v) is 5.00. The monoisotopic (exact) mass is 328 g/mol. The maximum absolute atomic E-state index is 12.1. The first-order valence-corrected chi connectivity index (χ1v) is 9.35. The standard InChI is InChI=1S/C13H16N2O2S3/c1-18-7-10(2-4-16)14-12(17)11-8-20-13(15-11)9-3-5-19-6-9/h3,5-6,8,10,16H,2,4,7H2,1H3,(H,14,17). The summed E-state index contributed by atoms with van der Waals surface area (Å²) < 4.78 is 0. The highest BCUT2D eigenvalue weighted by atomic mass is 32.2. The average Bonchev–Trinajstić information content (AvgIpc) is 3.10. The molecule has 0 aliphatic rings. The molecule has 2 aromatic heterocycles. The number of thioether (sulfide) groups is 1. The lowest BCUT2D eigenvalue weighted by molar-refractivity contribution is 0.0931. The second-order valence-corrected chi connectivity index (χ2v) is 6.74. The number of thiophene rings is 1. The zero-order chi connectivity index (χ0) is 14.4. The average molecular weight is 328 g/mol. The number of aromatic nitrogens is 1. The van der Waals surface area contributed by atoms with Crippen molar-refractivity contribution in [2.75, 3.05) is 18.6 Å². The second-order valence-electron chi connectivity index (χ2n) is 4.19. The summed E-state index contributed by atoms with van der Waals surface area (Å²) in [6.07, 6.45) is 2.54. The highest BCUT2D eigenvalue weighted by molar-refractivity contribution is 7.98. The molecule has 108 valence electrons. The third kappa shape index (κ3) is 4.05. The Hall–Kier alpha value is -0.890. The summed E-state index contributed by atoms with van der Waals surface area (Å²) in [4.78, 5) is 16.5. The van der Waals surface area contributed by atoms with Gasteiger partial charge >= 0.3 is 0 Å². The van der Waals surface area contributed by atoms with Crippen LogP contribution in [0.3, 0.4) is 0 Å². The zero-order valence-corrected chi connectivity index (χ0v) is 13.5. The molecule has 0 aliphatic carbocycles. The van der Waals surface area contributed by atoms with Gasteiger partial charge in [0.2, 0.25) is 0 Å². The summed E-state index contributed by atoms with van der Waals surface area (Å²) >= 11 is 4.73. The lowest BCUT2D eigenvalue weighted by Gasteiger charge is -2.15. The number of hydrogen-bond acceptors (Lipinski definition) is 6. The SMILES string of the molecule is CSCC(CCO)NC(=O)c1csc(-c2ccsc2)n1. The van der Waals surface area contributed by atoms with E-state index in [0.29, 0.717) is 12.1 Å². The summed E-state index contributed by atoms with van der Waals surface area (Å²) in [7, 11) is 0. The van der Waals surface area contributed by atoms with Gasteiger partial charge < -0.3 is 10.4 Å². The van der Waals surface area contributed by atoms with Crippen molar-refractivity contribution in [1.82, 2.24) is 10.3 Å². The summed E-state index contributed by atoms with van der Waals surface area (Å²) in [5.74, 6) is 0.614. The predicted octanol–water partition coefficient (Wildman–Crippen LogP) is 2.72. The molecule has 0 bridgehead atoms. The van der Waals surface area contributed by atoms with Crippen LogP contribution >= 0.6 is 34.4 Å². The van der Waals surface area contributed by atoms with Gasteiger partial charge in [0, 0.05) is 34.7 Å². The molecule has 7 heteroatoms. The van der Waals surface area contributed by atoms with E-state index in [9.17, 15) is 4.79 Å². The molecule has 1 unspecified atom stereocenters. The molecule has 0 aliphatic heterocycles. The Kier molecular flexibility index (Phi) is 6.03. The molecule has 0 saturated heterocycles. The van der Waals surface area contributed by atoms with Gasteiger partial charge in [0.25, 0.3) is 5.91 Å². The van der Waals surface area contributed by atoms with Crippen LogP contribution in [0.4, 0.5) is 0 Å². The number of amides is 1. The van der Waals surface area contributed by atoms with Gasteiger partial charge in [-0.05, 0) is 24.1 Å². The molecule has 2 N–H and O–H groups in total. The number of nitrogens with zero attached hydrogens (tertiary/aromatic N) is 1. The van der Waals surface area contributed by atoms with Crippen molar-refractivity contribution in [3.8, 4) is 10.6 Å². The van der Waals surface area contributed by atoms with E-state index in [1.165, 1.54) is 11.3 Å². The number of thiazole rings is 1. The van der Waals surface area contributed by atoms with Gasteiger partial charge in [-0.2, -0.15) is 23.1 Å². The van der Waals surface area contributed by atoms with Crippen LogP contribution in [-0.2, 0) is 0 Å². The fourth-order valence-electron chi connectivity index (χ4n) is 1.71. The molecule has 2 heterocycles. The van der Waals surface area contributed by atoms with Crippen molar-refractivity contribution in [3.63, 3.8) is 0 Å². The zero-order valence-electron chi connectivity index (χ0n) is 11.0. The Morgan fingerprint density at radius 1 is 1.55 bits per heavy atom. The summed E-state index contributed by atoms with van der Waals surface area (Å²) in [5.41, 5.74) is 1.50. The van der Waals surface area contributed by atoms with Gasteiger partial charge in [0.1, 0.15) is 10.7 Å². The van der Waals surface area contributed by atoms with Gasteiger partial charge in [0.05, 0.1) is 0 Å². The number of carbonyl (C=O) groups excluding carboxylic acids is 1. The molecule has 1 amide bonds. The summed E-state index contributed by atoms with van der Waals surface area (Å²) in [5, 5.41) is 18.6. The van der Waals surface area contributed by atoms with Gasteiger partial charge in [-0.1, -0.05) is 0 Å². The van der Waals surface area contributed by atoms with Crippen LogP contribution in [0.5, 0.6) is 0 Å². The Bertz CT molecular complexity index is 534. The lowest BCUT2D eigenvalue weighted by atomic mass is 10.2. The minimum Gasteiger partial charge on any atom is -0.396 e. The fourth-order valence-corrected chi connectivity index (χ4v) is 3.87. The van der Waals surface area contributed by atoms with Crippen molar-refractivity contribution < 1.29 is 9.90 Å². The Morgan fingerprint density at radius 3 is 3.05 bits per heavy atom. The van der Waals surface area contributed by atoms with Crippen molar-refractivity contribution in [2.24, 2.45) is 0 Å². The minimum atomic E-state index is -0.171. The Balaban J connectivity index is 2.02. The van der Waals surface area contributed by atoms with Crippen LogP contribution in [0.2, 0.25) is 0 Å². The van der Waals surface area contributed by atoms with Crippen LogP contribution in [-0.4, -0.2) is 40.7 Å². The molecular weight excluding hydrogens is 312 g/mol. The van der Waals surface area contributed by atoms with Gasteiger partial charge in [0.15, 0.2) is 0 Å². The molecule has 0 aromatic carbocycles. The molecule has 0 radical (unpaired) electrons. The number of rotatable bonds is 7. The largest absolute Gasteiger partial charge is 0.396 e. The molecule has 4 nitrogen and oxygen atoms in total. The number of aliphatic hydroxyl groups is 1. The number of aliphatic hydroxyl groups excluding tert-OH is 1. The maximum atomic E-state index is 12.1. The number of carbonyl (C=O) groups is 1. The molecule has 2 rings (SSSR count). The second kappa shape index (κ2) is 7.78. The third-order valence-electron chi connectivity index (χ3n) is 2.69. The van der Waals surface area contributed by atoms with Crippen LogP contribution < -0.4 is 5.32 Å². The van der Waals surface area contributed by atoms with Crippen molar-refractivity contribution in [3.05, 3.63) is 27.9 Å². The van der Waals surface area contributed by atoms with Crippen molar-refractivity contribution in [2.45, 2.75) is 12.5 Å². The first-order chi connectivity index (χ1) is 9.74. The first kappa shape index (κ1) is 15.5. The van der Waals surface area contributed by atoms with Gasteiger partial charge in [-0.3, -0.25) is 4.79 Å². The number of hydrogen-bond donors (Lipinski definition) is 2. The number of nitrogens with one attached hydrogen (secondary N) is 1. The van der Waals surface area contributed by atoms with E-state index in [0.717, 1.165) is 16.3 Å². The molecule has 2 aromatic rings. The fraction of sp³-hybridized carbons (Fsp3) is 0.385. The van der Waals surface area contributed by atoms with Crippen molar-refractivity contribution in [1.29, 1.82) is 0 Å². The summed E-state index contributed by atoms with van der Waals surface area (Å²) in [6.45, 7) is 0.0721. The van der Waals surface area contributed by atoms with E-state index in [1.54, 1.807) is 28.5 Å². The molecular formula is C13H16N2O2S3. The summed E-state index contributed by atoms with van der Waals surface area (Å²) in [6, 6.07) is 1.97. The normalized spacial score (nSPS) is 12.3. The molecule has 0 saturated carbocycles. The minimum absolute atomic E-state index is 0.0196. The van der Waals surface area contributed by atoms with Crippen LogP contribution in [0.25, 0.3) is 10.6 Å². The Morgan fingerprint density at radius 2 is 2.40 bits per heavy atom. The van der Waals surface area contributed by atoms with Crippen LogP contribution in [0.15, 0.2) is 22.2 Å². The van der Waals surface area contributed by atoms with Crippen LogP contribution in [0.1, 0.15) is 16.9 Å². The molecule has 1 atom stereocenters. The highest BCUT2D eigenvalue weighted by Gasteiger charge is 2.16. The van der Waals surface area contributed by atoms with E-state index in [1.807, 2.05) is 23.1 Å². The van der Waals surface area contributed by atoms with E-state index in [-0.39, 0.29) is 18.6 Å². The lowest BCUT2D eigenvalue weighted by Crippen LogP contribution is -2.37. The van der Waals surface area contributed by atoms with Crippen LogP contribution in [0, 0.1) is 0 Å². The van der Waals surface area contributed by atoms with Gasteiger partial charge in [-0.25, -0.2) is 4.98 Å². The topological polar surface area (TPSA) is 62.2 Å². The van der Waals surface area contributed by atoms with Gasteiger partial charge in [-0.15, -0.1) is 11.3 Å². The Labute approximate surface area is 130 Å². The predicted molar refractivity (Wildman–Crippen MR) is 86.8 cm³/mol. The van der Waals surface area contributed by atoms with Crippen molar-refractivity contribution >= 4 is 40.3 Å². The van der Waals surface area contributed by atoms with E-state index in [4.69, 9.17) is 5.11 Å². The van der Waals surface area contributed by atoms with E-state index >= 15 is 0 Å². The first-order valence-electron chi connectivity index (χ1n) is 6.13. The quantitative estimate of drug-likeness (QED) is 0.820. The smallest absolute Gasteiger partial charge is 0.271 e. The van der Waals surface area contributed by atoms with E-state index < -0.39 is 0 Å².